The molecule has 2 aromatic rings. The van der Waals surface area contributed by atoms with Gasteiger partial charge in [0.2, 0.25) is 0 Å². The van der Waals surface area contributed by atoms with Crippen molar-refractivity contribution in [3.8, 4) is 6.07 Å². The first-order valence-electron chi connectivity index (χ1n) is 11.4. The first kappa shape index (κ1) is 28.5. The van der Waals surface area contributed by atoms with Crippen molar-refractivity contribution in [3.63, 3.8) is 0 Å². The highest BCUT2D eigenvalue weighted by atomic mass is 35.5. The van der Waals surface area contributed by atoms with Gasteiger partial charge in [0, 0.05) is 23.6 Å². The third-order valence-corrected chi connectivity index (χ3v) is 5.97. The summed E-state index contributed by atoms with van der Waals surface area (Å²) in [6.45, 7) is 5.31. The second-order valence-electron chi connectivity index (χ2n) is 8.09. The molecule has 2 N–H and O–H groups in total. The van der Waals surface area contributed by atoms with Crippen molar-refractivity contribution in [1.29, 1.82) is 5.26 Å². The summed E-state index contributed by atoms with van der Waals surface area (Å²) in [4.78, 5) is 17.5. The molecule has 0 fully saturated rings. The molecular formula is C27H23ClF4N4O2. The van der Waals surface area contributed by atoms with E-state index < -0.39 is 41.3 Å². The fourth-order valence-corrected chi connectivity index (χ4v) is 4.04. The summed E-state index contributed by atoms with van der Waals surface area (Å²) in [7, 11) is 0. The lowest BCUT2D eigenvalue weighted by Crippen LogP contribution is -2.30. The Morgan fingerprint density at radius 3 is 2.68 bits per heavy atom. The number of aliphatic imine (C=N–C) groups is 1. The highest BCUT2D eigenvalue weighted by Crippen LogP contribution is 2.33. The third-order valence-electron chi connectivity index (χ3n) is 5.66. The lowest BCUT2D eigenvalue weighted by atomic mass is 10.0. The van der Waals surface area contributed by atoms with Crippen LogP contribution in [0.4, 0.5) is 17.6 Å². The van der Waals surface area contributed by atoms with Crippen LogP contribution in [0.5, 0.6) is 0 Å². The maximum Gasteiger partial charge on any atom is 0.417 e. The molecule has 1 aliphatic carbocycles. The number of benzene rings is 1. The summed E-state index contributed by atoms with van der Waals surface area (Å²) in [5, 5.41) is 9.70. The number of hydrogen-bond donors (Lipinski definition) is 1. The fraction of sp³-hybridized carbons (Fsp3) is 0.222. The standard InChI is InChI=1S/C27H23ClF4N4O2/c1-3-16-5-6-17(23(29)9-16)15-36-24(11-21(27(30,31)32)20(13-34)26(36)37)18(12-33)14-35-19-7-8-25(38-4-2)22(28)10-19/h3,5-6,8-12,14,19H,1,4,7,15,33H2,2H3. The zero-order valence-corrected chi connectivity index (χ0v) is 21.0. The topological polar surface area (TPSA) is 93.4 Å². The molecule has 1 aromatic heterocycles. The Balaban J connectivity index is 2.13. The number of halogens is 5. The highest BCUT2D eigenvalue weighted by molar-refractivity contribution is 6.31. The molecule has 0 saturated heterocycles. The Morgan fingerprint density at radius 1 is 1.39 bits per heavy atom. The van der Waals surface area contributed by atoms with E-state index in [9.17, 15) is 27.6 Å². The predicted octanol–water partition coefficient (Wildman–Crippen LogP) is 5.75. The van der Waals surface area contributed by atoms with Crippen molar-refractivity contribution in [2.75, 3.05) is 6.61 Å². The molecule has 3 rings (SSSR count). The number of pyridine rings is 1. The van der Waals surface area contributed by atoms with Crippen molar-refractivity contribution >= 4 is 29.5 Å². The van der Waals surface area contributed by atoms with Gasteiger partial charge >= 0.3 is 6.18 Å². The summed E-state index contributed by atoms with van der Waals surface area (Å²) in [5.74, 6) is -0.208. The molecule has 38 heavy (non-hydrogen) atoms. The number of allylic oxidation sites excluding steroid dienone is 2. The number of nitrogens with two attached hydrogens (primary N) is 1. The van der Waals surface area contributed by atoms with Crippen LogP contribution >= 0.6 is 11.6 Å². The molecule has 0 amide bonds. The van der Waals surface area contributed by atoms with Gasteiger partial charge in [-0.15, -0.1) is 0 Å². The largest absolute Gasteiger partial charge is 0.493 e. The minimum absolute atomic E-state index is 0.00601. The number of ether oxygens (including phenoxy) is 1. The molecule has 1 atom stereocenters. The Bertz CT molecular complexity index is 1460. The van der Waals surface area contributed by atoms with E-state index in [1.54, 1.807) is 19.1 Å². The van der Waals surface area contributed by atoms with Crippen LogP contribution in [0.1, 0.15) is 41.3 Å². The molecule has 1 heterocycles. The van der Waals surface area contributed by atoms with Crippen LogP contribution in [-0.4, -0.2) is 23.4 Å². The van der Waals surface area contributed by atoms with Gasteiger partial charge in [0.05, 0.1) is 35.5 Å². The maximum absolute atomic E-state index is 14.7. The predicted molar refractivity (Wildman–Crippen MR) is 139 cm³/mol. The molecule has 0 radical (unpaired) electrons. The Morgan fingerprint density at radius 2 is 2.13 bits per heavy atom. The number of aromatic nitrogens is 1. The maximum atomic E-state index is 14.7. The molecule has 0 saturated carbocycles. The number of nitrogens with zero attached hydrogens (tertiary/aromatic N) is 3. The number of alkyl halides is 3. The summed E-state index contributed by atoms with van der Waals surface area (Å²) >= 11 is 6.21. The molecule has 1 unspecified atom stereocenters. The van der Waals surface area contributed by atoms with Gasteiger partial charge in [-0.2, -0.15) is 18.4 Å². The molecule has 6 nitrogen and oxygen atoms in total. The quantitative estimate of drug-likeness (QED) is 0.337. The minimum Gasteiger partial charge on any atom is -0.493 e. The molecule has 0 spiro atoms. The van der Waals surface area contributed by atoms with Crippen LogP contribution in [0.15, 0.2) is 69.8 Å². The van der Waals surface area contributed by atoms with Gasteiger partial charge in [-0.3, -0.25) is 9.79 Å². The van der Waals surface area contributed by atoms with Gasteiger partial charge in [0.25, 0.3) is 5.56 Å². The number of nitriles is 1. The van der Waals surface area contributed by atoms with Crippen molar-refractivity contribution in [1.82, 2.24) is 4.57 Å². The number of rotatable bonds is 8. The lowest BCUT2D eigenvalue weighted by Gasteiger charge is -2.19. The van der Waals surface area contributed by atoms with E-state index >= 15 is 0 Å². The molecular weight excluding hydrogens is 524 g/mol. The van der Waals surface area contributed by atoms with Crippen molar-refractivity contribution < 1.29 is 22.3 Å². The van der Waals surface area contributed by atoms with E-state index in [0.29, 0.717) is 35.4 Å². The van der Waals surface area contributed by atoms with Gasteiger partial charge in [0.1, 0.15) is 23.2 Å². The van der Waals surface area contributed by atoms with Crippen molar-refractivity contribution in [3.05, 3.63) is 104 Å². The van der Waals surface area contributed by atoms with E-state index in [0.717, 1.165) is 10.8 Å². The molecule has 0 bridgehead atoms. The second kappa shape index (κ2) is 12.0. The third kappa shape index (κ3) is 6.23. The lowest BCUT2D eigenvalue weighted by molar-refractivity contribution is -0.138. The smallest absolute Gasteiger partial charge is 0.417 e. The van der Waals surface area contributed by atoms with Crippen LogP contribution < -0.4 is 11.3 Å². The van der Waals surface area contributed by atoms with Crippen LogP contribution in [0.25, 0.3) is 11.6 Å². The van der Waals surface area contributed by atoms with Gasteiger partial charge < -0.3 is 15.0 Å². The second-order valence-corrected chi connectivity index (χ2v) is 8.50. The molecule has 0 aliphatic heterocycles. The van der Waals surface area contributed by atoms with Crippen molar-refractivity contribution in [2.24, 2.45) is 10.7 Å². The highest BCUT2D eigenvalue weighted by Gasteiger charge is 2.36. The average Bonchev–Trinajstić information content (AvgIpc) is 2.87. The SMILES string of the molecule is C=Cc1ccc(Cn2c(C(C=NC3C=C(Cl)C(OCC)=CC3)=CN)cc(C(F)(F)F)c(C#N)c2=O)c(F)c1. The van der Waals surface area contributed by atoms with Gasteiger partial charge in [-0.25, -0.2) is 4.39 Å². The summed E-state index contributed by atoms with van der Waals surface area (Å²) < 4.78 is 62.4. The Hall–Kier alpha value is -4.10. The first-order chi connectivity index (χ1) is 18.0. The van der Waals surface area contributed by atoms with Gasteiger partial charge in [0.15, 0.2) is 0 Å². The van der Waals surface area contributed by atoms with Crippen molar-refractivity contribution in [2.45, 2.75) is 32.1 Å². The van der Waals surface area contributed by atoms with E-state index in [2.05, 4.69) is 11.6 Å². The normalized spacial score (nSPS) is 16.1. The summed E-state index contributed by atoms with van der Waals surface area (Å²) in [5.41, 5.74) is 2.08. The summed E-state index contributed by atoms with van der Waals surface area (Å²) in [6, 6.07) is 5.58. The fourth-order valence-electron chi connectivity index (χ4n) is 3.77. The van der Waals surface area contributed by atoms with Crippen LogP contribution in [0.2, 0.25) is 0 Å². The molecule has 11 heteroatoms. The molecule has 1 aromatic carbocycles. The Labute approximate surface area is 221 Å². The zero-order chi connectivity index (χ0) is 28.0. The van der Waals surface area contributed by atoms with Gasteiger partial charge in [-0.05, 0) is 43.2 Å². The monoisotopic (exact) mass is 546 g/mol. The van der Waals surface area contributed by atoms with Gasteiger partial charge in [-0.1, -0.05) is 36.4 Å². The zero-order valence-electron chi connectivity index (χ0n) is 20.2. The van der Waals surface area contributed by atoms with Crippen LogP contribution in [0, 0.1) is 17.1 Å². The summed E-state index contributed by atoms with van der Waals surface area (Å²) in [6.07, 6.45) is 2.34. The van der Waals surface area contributed by atoms with Crippen LogP contribution in [-0.2, 0) is 17.5 Å². The number of hydrogen-bond acceptors (Lipinski definition) is 5. The van der Waals surface area contributed by atoms with E-state index in [4.69, 9.17) is 22.1 Å². The average molecular weight is 547 g/mol. The Kier molecular flexibility index (Phi) is 8.96. The van der Waals surface area contributed by atoms with E-state index in [1.165, 1.54) is 36.6 Å². The molecule has 1 aliphatic rings. The van der Waals surface area contributed by atoms with E-state index in [-0.39, 0.29) is 16.8 Å². The van der Waals surface area contributed by atoms with E-state index in [1.807, 2.05) is 0 Å². The first-order valence-corrected chi connectivity index (χ1v) is 11.7. The van der Waals surface area contributed by atoms with Crippen LogP contribution in [0.3, 0.4) is 0 Å². The molecule has 198 valence electrons. The minimum atomic E-state index is -5.01.